The molecule has 25 heavy (non-hydrogen) atoms. The van der Waals surface area contributed by atoms with Crippen LogP contribution in [0.5, 0.6) is 11.5 Å². The number of hydrogen-bond donors (Lipinski definition) is 2. The summed E-state index contributed by atoms with van der Waals surface area (Å²) in [5, 5.41) is 2.84. The third-order valence-corrected chi connectivity index (χ3v) is 3.32. The van der Waals surface area contributed by atoms with Crippen molar-refractivity contribution in [3.63, 3.8) is 0 Å². The van der Waals surface area contributed by atoms with E-state index in [1.807, 2.05) is 26.0 Å². The molecule has 0 fully saturated rings. The summed E-state index contributed by atoms with van der Waals surface area (Å²) in [7, 11) is 0. The summed E-state index contributed by atoms with van der Waals surface area (Å²) in [5.74, 6) is 1.44. The first-order chi connectivity index (χ1) is 11.6. The van der Waals surface area contributed by atoms with Crippen molar-refractivity contribution < 1.29 is 14.3 Å². The van der Waals surface area contributed by atoms with E-state index in [4.69, 9.17) is 15.2 Å². The first kappa shape index (κ1) is 20.8. The smallest absolute Gasteiger partial charge is 0.227 e. The molecule has 0 unspecified atom stereocenters. The van der Waals surface area contributed by atoms with Crippen LogP contribution in [0, 0.1) is 13.8 Å². The number of carbonyl (C=O) groups is 1. The summed E-state index contributed by atoms with van der Waals surface area (Å²) in [6.45, 7) is 5.33. The fourth-order valence-corrected chi connectivity index (χ4v) is 2.31. The summed E-state index contributed by atoms with van der Waals surface area (Å²) < 4.78 is 11.0. The Hall–Kier alpha value is -2.24. The van der Waals surface area contributed by atoms with E-state index in [9.17, 15) is 4.79 Å². The molecule has 2 aromatic carbocycles. The van der Waals surface area contributed by atoms with Crippen LogP contribution >= 0.6 is 12.4 Å². The molecule has 6 heteroatoms. The Labute approximate surface area is 154 Å². The molecule has 0 aliphatic heterocycles. The van der Waals surface area contributed by atoms with Crippen LogP contribution in [0.3, 0.4) is 0 Å². The number of halogens is 1. The molecule has 2 rings (SSSR count). The van der Waals surface area contributed by atoms with Crippen molar-refractivity contribution in [2.75, 3.05) is 25.1 Å². The molecule has 0 heterocycles. The van der Waals surface area contributed by atoms with Crippen LogP contribution in [-0.4, -0.2) is 25.7 Å². The zero-order valence-corrected chi connectivity index (χ0v) is 15.4. The van der Waals surface area contributed by atoms with Crippen molar-refractivity contribution in [1.29, 1.82) is 0 Å². The van der Waals surface area contributed by atoms with Gasteiger partial charge in [-0.05, 0) is 61.4 Å². The molecule has 0 spiro atoms. The third kappa shape index (κ3) is 7.45. The van der Waals surface area contributed by atoms with Crippen LogP contribution in [0.2, 0.25) is 0 Å². The van der Waals surface area contributed by atoms with Crippen LogP contribution in [0.1, 0.15) is 17.5 Å². The molecule has 0 atom stereocenters. The molecule has 0 aromatic heterocycles. The lowest BCUT2D eigenvalue weighted by molar-refractivity contribution is -0.116. The van der Waals surface area contributed by atoms with Gasteiger partial charge in [-0.2, -0.15) is 0 Å². The number of rotatable bonds is 8. The Morgan fingerprint density at radius 3 is 2.16 bits per heavy atom. The minimum absolute atomic E-state index is 0. The number of carbonyl (C=O) groups excluding carboxylic acids is 1. The number of benzene rings is 2. The predicted molar refractivity (Wildman–Crippen MR) is 103 cm³/mol. The summed E-state index contributed by atoms with van der Waals surface area (Å²) in [6.07, 6.45) is 0.290. The zero-order chi connectivity index (χ0) is 17.4. The van der Waals surface area contributed by atoms with E-state index in [1.165, 1.54) is 0 Å². The van der Waals surface area contributed by atoms with Crippen LogP contribution < -0.4 is 20.5 Å². The SMILES string of the molecule is Cc1cc(C)cc(OCCC(=O)Nc2ccc(OCCN)cc2)c1.Cl. The number of amides is 1. The average molecular weight is 365 g/mol. The summed E-state index contributed by atoms with van der Waals surface area (Å²) in [6, 6.07) is 13.2. The predicted octanol–water partition coefficient (Wildman–Crippen LogP) is 3.47. The highest BCUT2D eigenvalue weighted by atomic mass is 35.5. The highest BCUT2D eigenvalue weighted by Gasteiger charge is 2.04. The molecule has 136 valence electrons. The quantitative estimate of drug-likeness (QED) is 0.752. The van der Waals surface area contributed by atoms with Gasteiger partial charge >= 0.3 is 0 Å². The average Bonchev–Trinajstić information content (AvgIpc) is 2.53. The summed E-state index contributed by atoms with van der Waals surface area (Å²) in [4.78, 5) is 12.0. The second-order valence-electron chi connectivity index (χ2n) is 5.63. The van der Waals surface area contributed by atoms with Crippen LogP contribution in [0.25, 0.3) is 0 Å². The third-order valence-electron chi connectivity index (χ3n) is 3.32. The van der Waals surface area contributed by atoms with E-state index >= 15 is 0 Å². The van der Waals surface area contributed by atoms with E-state index in [0.717, 1.165) is 28.3 Å². The molecule has 3 N–H and O–H groups in total. The minimum Gasteiger partial charge on any atom is -0.493 e. The van der Waals surface area contributed by atoms with Gasteiger partial charge in [0.05, 0.1) is 13.0 Å². The lowest BCUT2D eigenvalue weighted by Gasteiger charge is -2.09. The molecule has 0 aliphatic carbocycles. The van der Waals surface area contributed by atoms with Gasteiger partial charge in [0.1, 0.15) is 18.1 Å². The maximum Gasteiger partial charge on any atom is 0.227 e. The zero-order valence-electron chi connectivity index (χ0n) is 14.6. The van der Waals surface area contributed by atoms with Crippen molar-refractivity contribution in [3.05, 3.63) is 53.6 Å². The maximum absolute atomic E-state index is 12.0. The highest BCUT2D eigenvalue weighted by Crippen LogP contribution is 2.17. The molecule has 1 amide bonds. The number of hydrogen-bond acceptors (Lipinski definition) is 4. The largest absolute Gasteiger partial charge is 0.493 e. The van der Waals surface area contributed by atoms with Crippen molar-refractivity contribution in [3.8, 4) is 11.5 Å². The van der Waals surface area contributed by atoms with Gasteiger partial charge < -0.3 is 20.5 Å². The topological polar surface area (TPSA) is 73.6 Å². The second-order valence-corrected chi connectivity index (χ2v) is 5.63. The van der Waals surface area contributed by atoms with E-state index < -0.39 is 0 Å². The molecule has 0 saturated heterocycles. The van der Waals surface area contributed by atoms with Gasteiger partial charge in [0.2, 0.25) is 5.91 Å². The van der Waals surface area contributed by atoms with Crippen molar-refractivity contribution in [1.82, 2.24) is 0 Å². The second kappa shape index (κ2) is 10.6. The lowest BCUT2D eigenvalue weighted by Crippen LogP contribution is -2.15. The Morgan fingerprint density at radius 1 is 0.960 bits per heavy atom. The summed E-state index contributed by atoms with van der Waals surface area (Å²) in [5.41, 5.74) is 8.40. The number of aryl methyl sites for hydroxylation is 2. The van der Waals surface area contributed by atoms with E-state index in [1.54, 1.807) is 24.3 Å². The Morgan fingerprint density at radius 2 is 1.56 bits per heavy atom. The van der Waals surface area contributed by atoms with Gasteiger partial charge in [0.25, 0.3) is 0 Å². The number of nitrogens with two attached hydrogens (primary N) is 1. The number of nitrogens with one attached hydrogen (secondary N) is 1. The van der Waals surface area contributed by atoms with Crippen molar-refractivity contribution in [2.45, 2.75) is 20.3 Å². The number of anilines is 1. The maximum atomic E-state index is 12.0. The van der Waals surface area contributed by atoms with Gasteiger partial charge in [-0.1, -0.05) is 6.07 Å². The summed E-state index contributed by atoms with van der Waals surface area (Å²) >= 11 is 0. The van der Waals surface area contributed by atoms with E-state index in [-0.39, 0.29) is 18.3 Å². The van der Waals surface area contributed by atoms with Gasteiger partial charge in [-0.25, -0.2) is 0 Å². The lowest BCUT2D eigenvalue weighted by atomic mass is 10.1. The monoisotopic (exact) mass is 364 g/mol. The van der Waals surface area contributed by atoms with Gasteiger partial charge in [-0.3, -0.25) is 4.79 Å². The minimum atomic E-state index is -0.0880. The fourth-order valence-electron chi connectivity index (χ4n) is 2.31. The fraction of sp³-hybridized carbons (Fsp3) is 0.316. The normalized spacial score (nSPS) is 9.88. The van der Waals surface area contributed by atoms with Crippen molar-refractivity contribution in [2.24, 2.45) is 5.73 Å². The van der Waals surface area contributed by atoms with Crippen LogP contribution in [0.4, 0.5) is 5.69 Å². The van der Waals surface area contributed by atoms with Gasteiger partial charge in [-0.15, -0.1) is 12.4 Å². The number of ether oxygens (including phenoxy) is 2. The van der Waals surface area contributed by atoms with E-state index in [0.29, 0.717) is 26.2 Å². The van der Waals surface area contributed by atoms with Gasteiger partial charge in [0.15, 0.2) is 0 Å². The molecule has 5 nitrogen and oxygen atoms in total. The highest BCUT2D eigenvalue weighted by molar-refractivity contribution is 5.90. The molecular formula is C19H25ClN2O3. The first-order valence-electron chi connectivity index (χ1n) is 8.00. The molecule has 0 bridgehead atoms. The Balaban J connectivity index is 0.00000312. The van der Waals surface area contributed by atoms with Crippen LogP contribution in [0.15, 0.2) is 42.5 Å². The van der Waals surface area contributed by atoms with E-state index in [2.05, 4.69) is 11.4 Å². The molecule has 0 radical (unpaired) electrons. The first-order valence-corrected chi connectivity index (χ1v) is 8.00. The molecule has 0 saturated carbocycles. The van der Waals surface area contributed by atoms with Crippen LogP contribution in [-0.2, 0) is 4.79 Å². The van der Waals surface area contributed by atoms with Crippen molar-refractivity contribution >= 4 is 24.0 Å². The molecule has 2 aromatic rings. The molecular weight excluding hydrogens is 340 g/mol. The Bertz CT molecular complexity index is 655. The van der Waals surface area contributed by atoms with Gasteiger partial charge in [0, 0.05) is 12.2 Å². The standard InChI is InChI=1S/C19H24N2O3.ClH/c1-14-11-15(2)13-18(12-14)23-9-7-19(22)21-16-3-5-17(6-4-16)24-10-8-20;/h3-6,11-13H,7-10,20H2,1-2H3,(H,21,22);1H. The Kier molecular flexibility index (Phi) is 8.81. The molecule has 0 aliphatic rings.